The predicted molar refractivity (Wildman–Crippen MR) is 170 cm³/mol. The third kappa shape index (κ3) is 9.47. The lowest BCUT2D eigenvalue weighted by Gasteiger charge is -2.47. The number of anilines is 2. The van der Waals surface area contributed by atoms with Crippen LogP contribution in [-0.2, 0) is 23.0 Å². The Morgan fingerprint density at radius 2 is 1.93 bits per heavy atom. The molecule has 0 spiro atoms. The van der Waals surface area contributed by atoms with Crippen molar-refractivity contribution in [1.82, 2.24) is 29.8 Å². The third-order valence-corrected chi connectivity index (χ3v) is 9.26. The highest BCUT2D eigenvalue weighted by molar-refractivity contribution is 7.88. The molecule has 0 unspecified atom stereocenters. The summed E-state index contributed by atoms with van der Waals surface area (Å²) in [6.45, 7) is 8.05. The zero-order chi connectivity index (χ0) is 31.0. The average molecular weight is 637 g/mol. The first-order valence-corrected chi connectivity index (χ1v) is 17.3. The number of nitrogens with two attached hydrogens (primary N) is 1. The number of piperazine rings is 1. The number of aliphatic hydroxyl groups is 1. The minimum absolute atomic E-state index is 0.0734. The predicted octanol–water partition coefficient (Wildman–Crippen LogP) is 1.48. The molecule has 0 aliphatic carbocycles. The van der Waals surface area contributed by atoms with Crippen LogP contribution in [0.2, 0.25) is 5.02 Å². The molecular formula is C29H45ClN8O4S. The first kappa shape index (κ1) is 33.3. The van der Waals surface area contributed by atoms with E-state index in [0.29, 0.717) is 29.5 Å². The molecule has 2 aliphatic rings. The van der Waals surface area contributed by atoms with E-state index < -0.39 is 15.9 Å². The summed E-state index contributed by atoms with van der Waals surface area (Å²) in [6.07, 6.45) is 7.49. The van der Waals surface area contributed by atoms with E-state index >= 15 is 0 Å². The maximum absolute atomic E-state index is 12.2. The summed E-state index contributed by atoms with van der Waals surface area (Å²) in [5, 5.41) is 12.2. The Balaban J connectivity index is 1.30. The van der Waals surface area contributed by atoms with Gasteiger partial charge in [0.15, 0.2) is 11.5 Å². The average Bonchev–Trinajstić information content (AvgIpc) is 2.99. The molecule has 0 radical (unpaired) electrons. The molecule has 4 rings (SSSR count). The number of carbonyl (C=O) groups is 1. The number of nitrogen functional groups attached to an aromatic ring is 1. The number of piperidine rings is 1. The van der Waals surface area contributed by atoms with Crippen LogP contribution in [0.5, 0.6) is 0 Å². The second-order valence-corrected chi connectivity index (χ2v) is 13.6. The number of aromatic nitrogens is 2. The molecule has 2 saturated heterocycles. The van der Waals surface area contributed by atoms with Crippen molar-refractivity contribution in [1.29, 1.82) is 0 Å². The molecular weight excluding hydrogens is 592 g/mol. The molecule has 12 nitrogen and oxygen atoms in total. The molecule has 2 aromatic rings. The standard InChI is InChI=1S/C29H45ClN8O4S/c1-3-24-20-37(26-18-33-27(28(31)35-26)29(40)32-11-16-39)14-15-38(24)25-8-12-36(13-9-25)19-22-6-7-23(30)17-21(22)5-4-10-34-43(2,41)42/h6-7,17-18,24-25,34,39H,3-5,8-16,19-20H2,1-2H3,(H2,31,35)(H,32,40)/t24-/m0/s1. The summed E-state index contributed by atoms with van der Waals surface area (Å²) in [6, 6.07) is 6.94. The molecule has 238 valence electrons. The SMILES string of the molecule is CC[C@H]1CN(c2cnc(C(=O)NCCO)c(N)n2)CCN1C1CCN(Cc2ccc(Cl)cc2CCCNS(C)(=O)=O)CC1. The van der Waals surface area contributed by atoms with Gasteiger partial charge in [-0.2, -0.15) is 0 Å². The Labute approximate surface area is 260 Å². The molecule has 1 atom stereocenters. The Morgan fingerprint density at radius 1 is 1.16 bits per heavy atom. The van der Waals surface area contributed by atoms with E-state index in [1.165, 1.54) is 17.4 Å². The van der Waals surface area contributed by atoms with Crippen molar-refractivity contribution >= 4 is 39.2 Å². The van der Waals surface area contributed by atoms with Crippen LogP contribution in [0, 0.1) is 0 Å². The second kappa shape index (κ2) is 15.4. The normalized spacial score (nSPS) is 19.1. The first-order valence-electron chi connectivity index (χ1n) is 15.0. The van der Waals surface area contributed by atoms with Crippen molar-refractivity contribution in [3.05, 3.63) is 46.2 Å². The monoisotopic (exact) mass is 636 g/mol. The van der Waals surface area contributed by atoms with E-state index in [1.807, 2.05) is 12.1 Å². The van der Waals surface area contributed by atoms with E-state index in [0.717, 1.165) is 71.4 Å². The Kier molecular flexibility index (Phi) is 12.0. The molecule has 2 fully saturated rings. The topological polar surface area (TPSA) is 157 Å². The largest absolute Gasteiger partial charge is 0.395 e. The minimum atomic E-state index is -3.19. The molecule has 1 aromatic heterocycles. The molecule has 2 aliphatic heterocycles. The third-order valence-electron chi connectivity index (χ3n) is 8.30. The number of amides is 1. The summed E-state index contributed by atoms with van der Waals surface area (Å²) in [5.74, 6) is 0.322. The lowest BCUT2D eigenvalue weighted by Crippen LogP contribution is -2.58. The zero-order valence-electron chi connectivity index (χ0n) is 25.1. The Morgan fingerprint density at radius 3 is 2.60 bits per heavy atom. The van der Waals surface area contributed by atoms with Gasteiger partial charge in [0.05, 0.1) is 19.1 Å². The van der Waals surface area contributed by atoms with E-state index in [1.54, 1.807) is 6.20 Å². The van der Waals surface area contributed by atoms with Gasteiger partial charge in [0.25, 0.3) is 5.91 Å². The number of aryl methyl sites for hydroxylation is 1. The van der Waals surface area contributed by atoms with Gasteiger partial charge < -0.3 is 21.1 Å². The van der Waals surface area contributed by atoms with Crippen molar-refractivity contribution < 1.29 is 18.3 Å². The van der Waals surface area contributed by atoms with Gasteiger partial charge in [0.1, 0.15) is 5.82 Å². The van der Waals surface area contributed by atoms with Crippen LogP contribution in [0.4, 0.5) is 11.6 Å². The fourth-order valence-corrected chi connectivity index (χ4v) is 6.77. The van der Waals surface area contributed by atoms with Crippen LogP contribution in [0.15, 0.2) is 24.4 Å². The molecule has 1 amide bonds. The number of halogens is 1. The van der Waals surface area contributed by atoms with Crippen LogP contribution in [0.1, 0.15) is 54.2 Å². The lowest BCUT2D eigenvalue weighted by molar-refractivity contribution is 0.0609. The van der Waals surface area contributed by atoms with E-state index in [2.05, 4.69) is 47.7 Å². The number of hydrogen-bond donors (Lipinski definition) is 4. The van der Waals surface area contributed by atoms with E-state index in [4.69, 9.17) is 22.4 Å². The number of likely N-dealkylation sites (tertiary alicyclic amines) is 1. The fourth-order valence-electron chi connectivity index (χ4n) is 6.06. The maximum Gasteiger partial charge on any atom is 0.273 e. The van der Waals surface area contributed by atoms with Crippen molar-refractivity contribution in [3.63, 3.8) is 0 Å². The molecule has 43 heavy (non-hydrogen) atoms. The second-order valence-electron chi connectivity index (χ2n) is 11.4. The van der Waals surface area contributed by atoms with Gasteiger partial charge in [-0.1, -0.05) is 24.6 Å². The summed E-state index contributed by atoms with van der Waals surface area (Å²) >= 11 is 6.30. The number of benzene rings is 1. The highest BCUT2D eigenvalue weighted by atomic mass is 35.5. The van der Waals surface area contributed by atoms with Crippen LogP contribution in [-0.4, -0.2) is 110 Å². The number of rotatable bonds is 13. The lowest BCUT2D eigenvalue weighted by atomic mass is 9.97. The molecule has 5 N–H and O–H groups in total. The Hall–Kier alpha value is -2.55. The van der Waals surface area contributed by atoms with Gasteiger partial charge in [-0.3, -0.25) is 14.6 Å². The van der Waals surface area contributed by atoms with Crippen molar-refractivity contribution in [2.24, 2.45) is 0 Å². The Bertz CT molecular complexity index is 1340. The van der Waals surface area contributed by atoms with Gasteiger partial charge in [0.2, 0.25) is 10.0 Å². The number of nitrogens with zero attached hydrogens (tertiary/aromatic N) is 5. The molecule has 3 heterocycles. The summed E-state index contributed by atoms with van der Waals surface area (Å²) in [5.41, 5.74) is 8.57. The van der Waals surface area contributed by atoms with Gasteiger partial charge in [0, 0.05) is 56.4 Å². The van der Waals surface area contributed by atoms with Crippen LogP contribution in [0.3, 0.4) is 0 Å². The van der Waals surface area contributed by atoms with E-state index in [9.17, 15) is 13.2 Å². The van der Waals surface area contributed by atoms with Crippen molar-refractivity contribution in [2.75, 3.05) is 69.3 Å². The molecule has 0 saturated carbocycles. The fraction of sp³-hybridized carbons (Fsp3) is 0.621. The summed E-state index contributed by atoms with van der Waals surface area (Å²) < 4.78 is 25.3. The smallest absolute Gasteiger partial charge is 0.273 e. The molecule has 1 aromatic carbocycles. The number of aliphatic hydroxyl groups excluding tert-OH is 1. The van der Waals surface area contributed by atoms with Gasteiger partial charge in [-0.15, -0.1) is 0 Å². The number of sulfonamides is 1. The van der Waals surface area contributed by atoms with Gasteiger partial charge in [-0.25, -0.2) is 23.1 Å². The quantitative estimate of drug-likeness (QED) is 0.238. The van der Waals surface area contributed by atoms with Crippen LogP contribution in [0.25, 0.3) is 0 Å². The number of hydrogen-bond acceptors (Lipinski definition) is 10. The highest BCUT2D eigenvalue weighted by Gasteiger charge is 2.34. The van der Waals surface area contributed by atoms with Crippen LogP contribution < -0.4 is 20.7 Å². The van der Waals surface area contributed by atoms with E-state index in [-0.39, 0.29) is 24.7 Å². The van der Waals surface area contributed by atoms with Gasteiger partial charge in [-0.05, 0) is 68.5 Å². The number of carbonyl (C=O) groups excluding carboxylic acids is 1. The summed E-state index contributed by atoms with van der Waals surface area (Å²) in [7, 11) is -3.19. The molecule has 0 bridgehead atoms. The minimum Gasteiger partial charge on any atom is -0.395 e. The van der Waals surface area contributed by atoms with Crippen molar-refractivity contribution in [3.8, 4) is 0 Å². The maximum atomic E-state index is 12.2. The number of nitrogens with one attached hydrogen (secondary N) is 2. The highest BCUT2D eigenvalue weighted by Crippen LogP contribution is 2.27. The molecule has 14 heteroatoms. The van der Waals surface area contributed by atoms with Crippen LogP contribution >= 0.6 is 11.6 Å². The first-order chi connectivity index (χ1) is 20.6. The zero-order valence-corrected chi connectivity index (χ0v) is 26.7. The van der Waals surface area contributed by atoms with Crippen molar-refractivity contribution in [2.45, 2.75) is 57.7 Å². The summed E-state index contributed by atoms with van der Waals surface area (Å²) in [4.78, 5) is 28.3. The van der Waals surface area contributed by atoms with Gasteiger partial charge >= 0.3 is 0 Å².